The van der Waals surface area contributed by atoms with Crippen LogP contribution in [-0.4, -0.2) is 19.5 Å². The van der Waals surface area contributed by atoms with Crippen LogP contribution in [0.1, 0.15) is 11.4 Å². The van der Waals surface area contributed by atoms with Crippen molar-refractivity contribution < 1.29 is 0 Å². The molecule has 0 atom stereocenters. The summed E-state index contributed by atoms with van der Waals surface area (Å²) in [6.45, 7) is 0.706. The SMILES string of the molecule is ClCc1nc2cccnc2n1Cc1ccncc1. The van der Waals surface area contributed by atoms with Gasteiger partial charge in [0.25, 0.3) is 0 Å². The van der Waals surface area contributed by atoms with Crippen LogP contribution in [0.25, 0.3) is 11.2 Å². The van der Waals surface area contributed by atoms with E-state index in [1.54, 1.807) is 18.6 Å². The summed E-state index contributed by atoms with van der Waals surface area (Å²) in [5.41, 5.74) is 2.90. The first-order valence-corrected chi connectivity index (χ1v) is 6.17. The number of fused-ring (bicyclic) bond motifs is 1. The zero-order valence-corrected chi connectivity index (χ0v) is 10.4. The maximum absolute atomic E-state index is 5.95. The molecule has 0 aliphatic carbocycles. The molecule has 0 unspecified atom stereocenters. The van der Waals surface area contributed by atoms with E-state index in [-0.39, 0.29) is 0 Å². The van der Waals surface area contributed by atoms with Crippen LogP contribution in [0.3, 0.4) is 0 Å². The van der Waals surface area contributed by atoms with Gasteiger partial charge in [-0.1, -0.05) is 0 Å². The summed E-state index contributed by atoms with van der Waals surface area (Å²) in [6.07, 6.45) is 5.33. The van der Waals surface area contributed by atoms with Gasteiger partial charge in [-0.05, 0) is 29.8 Å². The number of hydrogen-bond acceptors (Lipinski definition) is 3. The largest absolute Gasteiger partial charge is 0.307 e. The third-order valence-corrected chi connectivity index (χ3v) is 3.03. The van der Waals surface area contributed by atoms with Crippen molar-refractivity contribution in [1.29, 1.82) is 0 Å². The molecule has 90 valence electrons. The summed E-state index contributed by atoms with van der Waals surface area (Å²) in [5.74, 6) is 1.21. The fourth-order valence-electron chi connectivity index (χ4n) is 1.94. The van der Waals surface area contributed by atoms with E-state index in [0.717, 1.165) is 22.6 Å². The summed E-state index contributed by atoms with van der Waals surface area (Å²) in [4.78, 5) is 12.9. The summed E-state index contributed by atoms with van der Waals surface area (Å²) in [6, 6.07) is 7.78. The van der Waals surface area contributed by atoms with E-state index in [2.05, 4.69) is 15.0 Å². The van der Waals surface area contributed by atoms with Gasteiger partial charge < -0.3 is 4.57 Å². The van der Waals surface area contributed by atoms with Gasteiger partial charge >= 0.3 is 0 Å². The van der Waals surface area contributed by atoms with Crippen molar-refractivity contribution in [3.8, 4) is 0 Å². The Morgan fingerprint density at radius 2 is 1.94 bits per heavy atom. The zero-order valence-electron chi connectivity index (χ0n) is 9.62. The van der Waals surface area contributed by atoms with Crippen LogP contribution in [0.2, 0.25) is 0 Å². The molecule has 5 heteroatoms. The number of aromatic nitrogens is 4. The van der Waals surface area contributed by atoms with Crippen molar-refractivity contribution in [3.05, 3.63) is 54.2 Å². The molecule has 0 fully saturated rings. The first-order chi connectivity index (χ1) is 8.88. The standard InChI is InChI=1S/C13H11ClN4/c14-8-12-17-11-2-1-5-16-13(11)18(12)9-10-3-6-15-7-4-10/h1-7H,8-9H2. The molecule has 0 spiro atoms. The van der Waals surface area contributed by atoms with Gasteiger partial charge in [-0.3, -0.25) is 4.98 Å². The van der Waals surface area contributed by atoms with Crippen LogP contribution < -0.4 is 0 Å². The molecular formula is C13H11ClN4. The van der Waals surface area contributed by atoms with E-state index in [1.807, 2.05) is 28.8 Å². The fourth-order valence-corrected chi connectivity index (χ4v) is 2.15. The smallest absolute Gasteiger partial charge is 0.160 e. The van der Waals surface area contributed by atoms with Gasteiger partial charge in [0, 0.05) is 18.6 Å². The highest BCUT2D eigenvalue weighted by atomic mass is 35.5. The first kappa shape index (κ1) is 11.2. The lowest BCUT2D eigenvalue weighted by Gasteiger charge is -2.06. The Morgan fingerprint density at radius 3 is 2.72 bits per heavy atom. The highest BCUT2D eigenvalue weighted by Gasteiger charge is 2.10. The molecule has 3 aromatic heterocycles. The minimum Gasteiger partial charge on any atom is -0.307 e. The number of alkyl halides is 1. The van der Waals surface area contributed by atoms with E-state index in [0.29, 0.717) is 12.4 Å². The monoisotopic (exact) mass is 258 g/mol. The molecule has 3 rings (SSSR count). The molecule has 18 heavy (non-hydrogen) atoms. The Labute approximate surface area is 109 Å². The molecule has 0 bridgehead atoms. The van der Waals surface area contributed by atoms with Crippen LogP contribution in [0, 0.1) is 0 Å². The van der Waals surface area contributed by atoms with Crippen molar-refractivity contribution >= 4 is 22.8 Å². The van der Waals surface area contributed by atoms with Crippen molar-refractivity contribution in [2.45, 2.75) is 12.4 Å². The topological polar surface area (TPSA) is 43.6 Å². The third-order valence-electron chi connectivity index (χ3n) is 2.79. The van der Waals surface area contributed by atoms with Gasteiger partial charge in [0.1, 0.15) is 11.3 Å². The molecule has 3 heterocycles. The lowest BCUT2D eigenvalue weighted by atomic mass is 10.2. The van der Waals surface area contributed by atoms with Crippen molar-refractivity contribution in [1.82, 2.24) is 19.5 Å². The highest BCUT2D eigenvalue weighted by molar-refractivity contribution is 6.16. The number of pyridine rings is 2. The lowest BCUT2D eigenvalue weighted by molar-refractivity contribution is 0.769. The van der Waals surface area contributed by atoms with Crippen LogP contribution in [-0.2, 0) is 12.4 Å². The molecule has 0 aliphatic heterocycles. The van der Waals surface area contributed by atoms with E-state index in [1.165, 1.54) is 0 Å². The van der Waals surface area contributed by atoms with Gasteiger partial charge in [0.05, 0.1) is 12.4 Å². The van der Waals surface area contributed by atoms with Gasteiger partial charge in [0.2, 0.25) is 0 Å². The van der Waals surface area contributed by atoms with Crippen molar-refractivity contribution in [2.75, 3.05) is 0 Å². The normalized spacial score (nSPS) is 10.9. The maximum atomic E-state index is 5.95. The predicted molar refractivity (Wildman–Crippen MR) is 70.4 cm³/mol. The second-order valence-electron chi connectivity index (χ2n) is 3.95. The number of imidazole rings is 1. The van der Waals surface area contributed by atoms with Crippen LogP contribution >= 0.6 is 11.6 Å². The first-order valence-electron chi connectivity index (χ1n) is 5.63. The number of nitrogens with zero attached hydrogens (tertiary/aromatic N) is 4. The maximum Gasteiger partial charge on any atom is 0.160 e. The van der Waals surface area contributed by atoms with E-state index >= 15 is 0 Å². The second-order valence-corrected chi connectivity index (χ2v) is 4.22. The Bertz CT molecular complexity index is 663. The van der Waals surface area contributed by atoms with Gasteiger partial charge in [0.15, 0.2) is 5.65 Å². The summed E-state index contributed by atoms with van der Waals surface area (Å²) in [5, 5.41) is 0. The van der Waals surface area contributed by atoms with E-state index < -0.39 is 0 Å². The highest BCUT2D eigenvalue weighted by Crippen LogP contribution is 2.16. The summed E-state index contributed by atoms with van der Waals surface area (Å²) < 4.78 is 2.04. The average Bonchev–Trinajstić information content (AvgIpc) is 2.78. The van der Waals surface area contributed by atoms with Crippen molar-refractivity contribution in [2.24, 2.45) is 0 Å². The number of rotatable bonds is 3. The molecular weight excluding hydrogens is 248 g/mol. The quantitative estimate of drug-likeness (QED) is 0.679. The third kappa shape index (κ3) is 1.95. The Morgan fingerprint density at radius 1 is 1.11 bits per heavy atom. The Hall–Kier alpha value is -1.94. The van der Waals surface area contributed by atoms with Gasteiger partial charge in [-0.25, -0.2) is 9.97 Å². The molecule has 0 saturated heterocycles. The minimum absolute atomic E-state index is 0.376. The minimum atomic E-state index is 0.376. The second kappa shape index (κ2) is 4.74. The molecule has 0 N–H and O–H groups in total. The Balaban J connectivity index is 2.10. The average molecular weight is 259 g/mol. The van der Waals surface area contributed by atoms with Crippen LogP contribution in [0.4, 0.5) is 0 Å². The molecule has 0 aromatic carbocycles. The molecule has 0 amide bonds. The van der Waals surface area contributed by atoms with Crippen molar-refractivity contribution in [3.63, 3.8) is 0 Å². The Kier molecular flexibility index (Phi) is 2.94. The molecule has 0 aliphatic rings. The number of hydrogen-bond donors (Lipinski definition) is 0. The van der Waals surface area contributed by atoms with Crippen LogP contribution in [0.15, 0.2) is 42.9 Å². The summed E-state index contributed by atoms with van der Waals surface area (Å²) in [7, 11) is 0. The van der Waals surface area contributed by atoms with E-state index in [9.17, 15) is 0 Å². The molecule has 0 radical (unpaired) electrons. The summed E-state index contributed by atoms with van der Waals surface area (Å²) >= 11 is 5.95. The van der Waals surface area contributed by atoms with Gasteiger partial charge in [-0.15, -0.1) is 11.6 Å². The van der Waals surface area contributed by atoms with E-state index in [4.69, 9.17) is 11.6 Å². The molecule has 3 aromatic rings. The zero-order chi connectivity index (χ0) is 12.4. The van der Waals surface area contributed by atoms with Gasteiger partial charge in [-0.2, -0.15) is 0 Å². The predicted octanol–water partition coefficient (Wildman–Crippen LogP) is 2.61. The molecule has 0 saturated carbocycles. The lowest BCUT2D eigenvalue weighted by Crippen LogP contribution is -2.04. The fraction of sp³-hybridized carbons (Fsp3) is 0.154. The molecule has 4 nitrogen and oxygen atoms in total. The number of halogens is 1. The van der Waals surface area contributed by atoms with Crippen LogP contribution in [0.5, 0.6) is 0 Å².